The standard InChI is InChI=1S/C27H26N2O4S/c1-4-8-24(28-33-18(3)30)27(31)19-11-16-26-23(17-19)22-9-6-7-10-25(22)29(26)20-12-14-21(15-13-20)34(32)5-2/h6-7,9-17H,4-5,8H2,1-3H3. The van der Waals surface area contributed by atoms with Crippen molar-refractivity contribution in [3.05, 3.63) is 72.3 Å². The summed E-state index contributed by atoms with van der Waals surface area (Å²) in [5.74, 6) is -0.242. The van der Waals surface area contributed by atoms with E-state index in [2.05, 4.69) is 9.72 Å². The molecule has 3 aromatic carbocycles. The molecule has 6 nitrogen and oxygen atoms in total. The van der Waals surface area contributed by atoms with E-state index in [0.29, 0.717) is 24.2 Å². The van der Waals surface area contributed by atoms with Crippen LogP contribution in [0.25, 0.3) is 27.5 Å². The number of aromatic nitrogens is 1. The van der Waals surface area contributed by atoms with Crippen LogP contribution in [0.1, 0.15) is 44.0 Å². The third-order valence-electron chi connectivity index (χ3n) is 5.59. The van der Waals surface area contributed by atoms with Crippen LogP contribution in [0.4, 0.5) is 0 Å². The molecular formula is C27H26N2O4S. The van der Waals surface area contributed by atoms with Gasteiger partial charge in [-0.25, -0.2) is 4.79 Å². The highest BCUT2D eigenvalue weighted by Gasteiger charge is 2.18. The maximum atomic E-state index is 13.2. The topological polar surface area (TPSA) is 77.7 Å². The normalized spacial score (nSPS) is 12.7. The van der Waals surface area contributed by atoms with Gasteiger partial charge in [0.15, 0.2) is 0 Å². The molecule has 1 atom stereocenters. The van der Waals surface area contributed by atoms with Crippen LogP contribution in [0.2, 0.25) is 0 Å². The van der Waals surface area contributed by atoms with Crippen molar-refractivity contribution in [2.45, 2.75) is 38.5 Å². The van der Waals surface area contributed by atoms with Crippen LogP contribution < -0.4 is 0 Å². The highest BCUT2D eigenvalue weighted by Crippen LogP contribution is 2.33. The van der Waals surface area contributed by atoms with Crippen LogP contribution in [0.15, 0.2) is 76.8 Å². The van der Waals surface area contributed by atoms with Gasteiger partial charge in [-0.1, -0.05) is 43.6 Å². The summed E-state index contributed by atoms with van der Waals surface area (Å²) in [5.41, 5.74) is 3.62. The zero-order valence-corrected chi connectivity index (χ0v) is 20.2. The van der Waals surface area contributed by atoms with Crippen LogP contribution >= 0.6 is 0 Å². The van der Waals surface area contributed by atoms with E-state index in [9.17, 15) is 13.8 Å². The Morgan fingerprint density at radius 1 is 0.941 bits per heavy atom. The summed E-state index contributed by atoms with van der Waals surface area (Å²) in [6.45, 7) is 5.10. The lowest BCUT2D eigenvalue weighted by Crippen LogP contribution is -2.15. The second-order valence-corrected chi connectivity index (χ2v) is 9.65. The van der Waals surface area contributed by atoms with Crippen LogP contribution in [-0.4, -0.2) is 32.0 Å². The van der Waals surface area contributed by atoms with Gasteiger partial charge in [-0.05, 0) is 55.0 Å². The molecule has 1 aromatic heterocycles. The van der Waals surface area contributed by atoms with E-state index in [4.69, 9.17) is 4.84 Å². The van der Waals surface area contributed by atoms with Crippen molar-refractivity contribution in [3.8, 4) is 5.69 Å². The molecule has 4 rings (SSSR count). The lowest BCUT2D eigenvalue weighted by atomic mass is 10.0. The van der Waals surface area contributed by atoms with Gasteiger partial charge in [-0.15, -0.1) is 0 Å². The number of oxime groups is 1. The second-order valence-electron chi connectivity index (χ2n) is 7.91. The Morgan fingerprint density at radius 2 is 1.65 bits per heavy atom. The third-order valence-corrected chi connectivity index (χ3v) is 6.91. The predicted octanol–water partition coefficient (Wildman–Crippen LogP) is 5.81. The van der Waals surface area contributed by atoms with E-state index >= 15 is 0 Å². The molecule has 0 aliphatic carbocycles. The first-order valence-corrected chi connectivity index (χ1v) is 12.6. The number of hydrogen-bond acceptors (Lipinski definition) is 5. The molecule has 4 aromatic rings. The minimum absolute atomic E-state index is 0.223. The minimum Gasteiger partial charge on any atom is -0.318 e. The monoisotopic (exact) mass is 474 g/mol. The molecular weight excluding hydrogens is 448 g/mol. The molecule has 0 aliphatic rings. The van der Waals surface area contributed by atoms with Gasteiger partial charge in [0.2, 0.25) is 5.78 Å². The Morgan fingerprint density at radius 3 is 2.32 bits per heavy atom. The number of benzene rings is 3. The molecule has 0 saturated carbocycles. The van der Waals surface area contributed by atoms with E-state index in [1.54, 1.807) is 6.07 Å². The number of carbonyl (C=O) groups excluding carboxylic acids is 2. The van der Waals surface area contributed by atoms with Crippen molar-refractivity contribution < 1.29 is 18.6 Å². The van der Waals surface area contributed by atoms with Crippen molar-refractivity contribution in [2.75, 3.05) is 5.75 Å². The molecule has 0 bridgehead atoms. The minimum atomic E-state index is -1.01. The summed E-state index contributed by atoms with van der Waals surface area (Å²) < 4.78 is 14.3. The van der Waals surface area contributed by atoms with Gasteiger partial charge in [0, 0.05) is 39.6 Å². The lowest BCUT2D eigenvalue weighted by Gasteiger charge is -2.09. The number of nitrogens with zero attached hydrogens (tertiary/aromatic N) is 2. The largest absolute Gasteiger partial charge is 0.331 e. The second kappa shape index (κ2) is 10.1. The van der Waals surface area contributed by atoms with Crippen LogP contribution in [-0.2, 0) is 20.4 Å². The fourth-order valence-corrected chi connectivity index (χ4v) is 4.80. The average molecular weight is 475 g/mol. The summed E-state index contributed by atoms with van der Waals surface area (Å²) in [6.07, 6.45) is 1.11. The molecule has 7 heteroatoms. The highest BCUT2D eigenvalue weighted by molar-refractivity contribution is 7.85. The van der Waals surface area contributed by atoms with E-state index in [-0.39, 0.29) is 11.5 Å². The first-order valence-electron chi connectivity index (χ1n) is 11.3. The summed E-state index contributed by atoms with van der Waals surface area (Å²) >= 11 is 0. The molecule has 1 unspecified atom stereocenters. The van der Waals surface area contributed by atoms with Gasteiger partial charge in [0.1, 0.15) is 5.71 Å². The van der Waals surface area contributed by atoms with Gasteiger partial charge in [0.05, 0.1) is 21.8 Å². The maximum absolute atomic E-state index is 13.2. The molecule has 0 amide bonds. The van der Waals surface area contributed by atoms with Crippen molar-refractivity contribution in [1.29, 1.82) is 0 Å². The lowest BCUT2D eigenvalue weighted by molar-refractivity contribution is -0.140. The molecule has 174 valence electrons. The Balaban J connectivity index is 1.84. The Hall–Kier alpha value is -3.58. The molecule has 1 heterocycles. The number of rotatable bonds is 8. The molecule has 0 radical (unpaired) electrons. The maximum Gasteiger partial charge on any atom is 0.331 e. The summed E-state index contributed by atoms with van der Waals surface area (Å²) in [7, 11) is -1.01. The van der Waals surface area contributed by atoms with Crippen LogP contribution in [0, 0.1) is 0 Å². The number of para-hydroxylation sites is 1. The van der Waals surface area contributed by atoms with Gasteiger partial charge < -0.3 is 9.40 Å². The zero-order chi connectivity index (χ0) is 24.2. The van der Waals surface area contributed by atoms with E-state index < -0.39 is 16.8 Å². The first-order chi connectivity index (χ1) is 16.4. The highest BCUT2D eigenvalue weighted by atomic mass is 32.2. The Bertz CT molecular complexity index is 1430. The summed E-state index contributed by atoms with van der Waals surface area (Å²) in [5, 5.41) is 5.75. The van der Waals surface area contributed by atoms with Gasteiger partial charge in [-0.2, -0.15) is 0 Å². The number of Topliss-reactive ketones (excluding diaryl/α,β-unsaturated/α-hetero) is 1. The van der Waals surface area contributed by atoms with E-state index in [1.807, 2.05) is 74.5 Å². The number of ketones is 1. The van der Waals surface area contributed by atoms with Crippen LogP contribution in [0.5, 0.6) is 0 Å². The van der Waals surface area contributed by atoms with Crippen LogP contribution in [0.3, 0.4) is 0 Å². The number of hydrogen-bond donors (Lipinski definition) is 0. The van der Waals surface area contributed by atoms with Crippen molar-refractivity contribution >= 4 is 50.1 Å². The number of fused-ring (bicyclic) bond motifs is 3. The van der Waals surface area contributed by atoms with Crippen molar-refractivity contribution in [3.63, 3.8) is 0 Å². The SMILES string of the molecule is CCCC(=NOC(C)=O)C(=O)c1ccc2c(c1)c1ccccc1n2-c1ccc(S(=O)CC)cc1. The molecule has 0 fully saturated rings. The fourth-order valence-electron chi connectivity index (χ4n) is 4.03. The molecule has 0 saturated heterocycles. The number of carbonyl (C=O) groups is 2. The fraction of sp³-hybridized carbons (Fsp3) is 0.222. The molecule has 34 heavy (non-hydrogen) atoms. The Labute approximate surface area is 200 Å². The third kappa shape index (κ3) is 4.56. The predicted molar refractivity (Wildman–Crippen MR) is 136 cm³/mol. The van der Waals surface area contributed by atoms with Crippen molar-refractivity contribution in [2.24, 2.45) is 5.16 Å². The van der Waals surface area contributed by atoms with Crippen molar-refractivity contribution in [1.82, 2.24) is 4.57 Å². The first kappa shape index (κ1) is 23.6. The van der Waals surface area contributed by atoms with Gasteiger partial charge in [0.25, 0.3) is 0 Å². The molecule has 0 aliphatic heterocycles. The van der Waals surface area contributed by atoms with E-state index in [1.165, 1.54) is 6.92 Å². The molecule has 0 N–H and O–H groups in total. The molecule has 0 spiro atoms. The Kier molecular flexibility index (Phi) is 7.03. The zero-order valence-electron chi connectivity index (χ0n) is 19.4. The summed E-state index contributed by atoms with van der Waals surface area (Å²) in [6, 6.07) is 21.3. The van der Waals surface area contributed by atoms with Gasteiger partial charge >= 0.3 is 5.97 Å². The van der Waals surface area contributed by atoms with Gasteiger partial charge in [-0.3, -0.25) is 9.00 Å². The average Bonchev–Trinajstić information content (AvgIpc) is 3.19. The summed E-state index contributed by atoms with van der Waals surface area (Å²) in [4.78, 5) is 29.9. The quantitative estimate of drug-likeness (QED) is 0.140. The smallest absolute Gasteiger partial charge is 0.318 e. The van der Waals surface area contributed by atoms with E-state index in [0.717, 1.165) is 32.4 Å².